The summed E-state index contributed by atoms with van der Waals surface area (Å²) in [5.41, 5.74) is 8.92. The number of para-hydroxylation sites is 1. The first-order valence-electron chi connectivity index (χ1n) is 12.6. The highest BCUT2D eigenvalue weighted by molar-refractivity contribution is 7.91. The average molecular weight is 522 g/mol. The van der Waals surface area contributed by atoms with Crippen LogP contribution in [0.5, 0.6) is 5.75 Å². The number of methoxy groups -OCH3 is 1. The smallest absolute Gasteiger partial charge is 0.183 e. The number of anilines is 2. The second-order valence-electron chi connectivity index (χ2n) is 9.68. The Morgan fingerprint density at radius 2 is 1.39 bits per heavy atom. The van der Waals surface area contributed by atoms with E-state index >= 15 is 0 Å². The van der Waals surface area contributed by atoms with E-state index in [0.717, 1.165) is 45.0 Å². The summed E-state index contributed by atoms with van der Waals surface area (Å²) in [5, 5.41) is 0. The van der Waals surface area contributed by atoms with Crippen LogP contribution in [0.25, 0.3) is 11.6 Å². The molecule has 0 aromatic heterocycles. The van der Waals surface area contributed by atoms with E-state index in [-0.39, 0.29) is 5.75 Å². The minimum absolute atomic E-state index is 0.147. The first-order valence-corrected chi connectivity index (χ1v) is 14.2. The molecule has 1 aliphatic rings. The molecule has 1 aliphatic heterocycles. The molecule has 4 aromatic carbocycles. The zero-order valence-corrected chi connectivity index (χ0v) is 22.9. The molecule has 0 saturated carbocycles. The predicted octanol–water partition coefficient (Wildman–Crippen LogP) is 7.67. The molecule has 0 atom stereocenters. The zero-order valence-electron chi connectivity index (χ0n) is 22.1. The van der Waals surface area contributed by atoms with Gasteiger partial charge in [0.15, 0.2) is 9.84 Å². The summed E-state index contributed by atoms with van der Waals surface area (Å²) in [7, 11) is -1.98. The van der Waals surface area contributed by atoms with Gasteiger partial charge in [-0.25, -0.2) is 8.42 Å². The van der Waals surface area contributed by atoms with Gasteiger partial charge < -0.3 is 9.64 Å². The second kappa shape index (κ2) is 10.3. The number of allylic oxidation sites excluding steroid dienone is 2. The van der Waals surface area contributed by atoms with Crippen LogP contribution in [0, 0.1) is 20.8 Å². The number of ether oxygens (including phenoxy) is 1. The van der Waals surface area contributed by atoms with Crippen LogP contribution in [0.15, 0.2) is 108 Å². The number of sulfone groups is 1. The molecule has 4 nitrogen and oxygen atoms in total. The number of rotatable bonds is 6. The van der Waals surface area contributed by atoms with Gasteiger partial charge in [0.1, 0.15) is 5.75 Å². The Balaban J connectivity index is 1.76. The van der Waals surface area contributed by atoms with Crippen molar-refractivity contribution in [3.05, 3.63) is 131 Å². The molecule has 5 rings (SSSR count). The quantitative estimate of drug-likeness (QED) is 0.261. The van der Waals surface area contributed by atoms with Crippen LogP contribution >= 0.6 is 0 Å². The Hall–Kier alpha value is -4.09. The number of hydrogen-bond donors (Lipinski definition) is 0. The van der Waals surface area contributed by atoms with Gasteiger partial charge in [-0.2, -0.15) is 0 Å². The Morgan fingerprint density at radius 1 is 0.763 bits per heavy atom. The third-order valence-corrected chi connectivity index (χ3v) is 8.49. The SMILES string of the molecule is COc1ccc(C2=Cc3ccccc3N(c3c(C)cc(C)cc3C)C(CS(=O)(=O)c3ccccc3)=C2)cc1. The van der Waals surface area contributed by atoms with Gasteiger partial charge in [-0.1, -0.05) is 66.2 Å². The summed E-state index contributed by atoms with van der Waals surface area (Å²) >= 11 is 0. The molecule has 0 bridgehead atoms. The Kier molecular flexibility index (Phi) is 6.96. The van der Waals surface area contributed by atoms with E-state index in [9.17, 15) is 8.42 Å². The van der Waals surface area contributed by atoms with Crippen molar-refractivity contribution >= 4 is 32.9 Å². The van der Waals surface area contributed by atoms with E-state index in [1.807, 2.05) is 48.5 Å². The van der Waals surface area contributed by atoms with Crippen molar-refractivity contribution in [1.29, 1.82) is 0 Å². The maximum atomic E-state index is 13.7. The van der Waals surface area contributed by atoms with E-state index in [1.54, 1.807) is 31.4 Å². The minimum Gasteiger partial charge on any atom is -0.497 e. The molecule has 0 amide bonds. The highest BCUT2D eigenvalue weighted by Crippen LogP contribution is 2.42. The molecule has 0 N–H and O–H groups in total. The summed E-state index contributed by atoms with van der Waals surface area (Å²) in [5.74, 6) is 0.623. The van der Waals surface area contributed by atoms with Gasteiger partial charge >= 0.3 is 0 Å². The van der Waals surface area contributed by atoms with Crippen molar-refractivity contribution in [2.24, 2.45) is 0 Å². The highest BCUT2D eigenvalue weighted by Gasteiger charge is 2.28. The average Bonchev–Trinajstić information content (AvgIpc) is 3.05. The molecule has 1 heterocycles. The van der Waals surface area contributed by atoms with E-state index in [1.165, 1.54) is 5.56 Å². The Labute approximate surface area is 225 Å². The number of hydrogen-bond acceptors (Lipinski definition) is 4. The van der Waals surface area contributed by atoms with Crippen LogP contribution in [0.4, 0.5) is 11.4 Å². The van der Waals surface area contributed by atoms with E-state index in [0.29, 0.717) is 10.6 Å². The Bertz CT molecular complexity index is 1630. The fourth-order valence-electron chi connectivity index (χ4n) is 5.17. The van der Waals surface area contributed by atoms with Crippen molar-refractivity contribution in [1.82, 2.24) is 0 Å². The van der Waals surface area contributed by atoms with Crippen LogP contribution in [-0.2, 0) is 9.84 Å². The van der Waals surface area contributed by atoms with Crippen molar-refractivity contribution < 1.29 is 13.2 Å². The third-order valence-electron chi connectivity index (χ3n) is 6.82. The maximum Gasteiger partial charge on any atom is 0.183 e. The van der Waals surface area contributed by atoms with E-state index in [4.69, 9.17) is 4.74 Å². The van der Waals surface area contributed by atoms with Crippen molar-refractivity contribution in [3.8, 4) is 5.75 Å². The molecular formula is C33H31NO3S. The number of fused-ring (bicyclic) bond motifs is 1. The van der Waals surface area contributed by atoms with Gasteiger partial charge in [-0.05, 0) is 91.1 Å². The second-order valence-corrected chi connectivity index (χ2v) is 11.7. The molecular weight excluding hydrogens is 490 g/mol. The standard InChI is InChI=1S/C33H31NO3S/c1-23-18-24(2)33(25(3)19-23)34-29(22-38(35,36)31-11-6-5-7-12-31)21-28(20-27-10-8-9-13-32(27)34)26-14-16-30(37-4)17-15-26/h5-21H,22H2,1-4H3. The van der Waals surface area contributed by atoms with Crippen LogP contribution < -0.4 is 9.64 Å². The maximum absolute atomic E-state index is 13.7. The molecule has 0 radical (unpaired) electrons. The molecule has 5 heteroatoms. The first-order chi connectivity index (χ1) is 18.3. The fourth-order valence-corrected chi connectivity index (χ4v) is 6.51. The van der Waals surface area contributed by atoms with Crippen molar-refractivity contribution in [2.75, 3.05) is 17.8 Å². The monoisotopic (exact) mass is 521 g/mol. The minimum atomic E-state index is -3.63. The summed E-state index contributed by atoms with van der Waals surface area (Å²) in [6.45, 7) is 6.26. The molecule has 0 unspecified atom stereocenters. The lowest BCUT2D eigenvalue weighted by Crippen LogP contribution is -2.25. The van der Waals surface area contributed by atoms with Crippen molar-refractivity contribution in [2.45, 2.75) is 25.7 Å². The summed E-state index contributed by atoms with van der Waals surface area (Å²) in [6.07, 6.45) is 4.15. The van der Waals surface area contributed by atoms with Crippen LogP contribution in [-0.4, -0.2) is 21.3 Å². The van der Waals surface area contributed by atoms with Gasteiger partial charge in [0.25, 0.3) is 0 Å². The fraction of sp³-hybridized carbons (Fsp3) is 0.152. The number of aryl methyl sites for hydroxylation is 3. The van der Waals surface area contributed by atoms with Gasteiger partial charge in [0.2, 0.25) is 0 Å². The molecule has 192 valence electrons. The lowest BCUT2D eigenvalue weighted by Gasteiger charge is -2.31. The molecule has 38 heavy (non-hydrogen) atoms. The lowest BCUT2D eigenvalue weighted by atomic mass is 10.0. The van der Waals surface area contributed by atoms with E-state index in [2.05, 4.69) is 56.0 Å². The molecule has 0 spiro atoms. The molecule has 0 saturated heterocycles. The van der Waals surface area contributed by atoms with Gasteiger partial charge in [-0.3, -0.25) is 0 Å². The number of nitrogens with zero attached hydrogens (tertiary/aromatic N) is 1. The number of benzene rings is 4. The normalized spacial score (nSPS) is 13.3. The molecule has 0 aliphatic carbocycles. The van der Waals surface area contributed by atoms with Crippen molar-refractivity contribution in [3.63, 3.8) is 0 Å². The third kappa shape index (κ3) is 5.02. The summed E-state index contributed by atoms with van der Waals surface area (Å²) in [6, 6.07) is 29.0. The predicted molar refractivity (Wildman–Crippen MR) is 157 cm³/mol. The Morgan fingerprint density at radius 3 is 2.05 bits per heavy atom. The summed E-state index contributed by atoms with van der Waals surface area (Å²) < 4.78 is 32.9. The van der Waals surface area contributed by atoms with E-state index < -0.39 is 9.84 Å². The van der Waals surface area contributed by atoms with Crippen LogP contribution in [0.2, 0.25) is 0 Å². The van der Waals surface area contributed by atoms with Crippen LogP contribution in [0.3, 0.4) is 0 Å². The van der Waals surface area contributed by atoms with Gasteiger partial charge in [0.05, 0.1) is 29.1 Å². The van der Waals surface area contributed by atoms with Gasteiger partial charge in [0, 0.05) is 5.70 Å². The molecule has 4 aromatic rings. The zero-order chi connectivity index (χ0) is 26.9. The topological polar surface area (TPSA) is 46.6 Å². The first kappa shape index (κ1) is 25.6. The highest BCUT2D eigenvalue weighted by atomic mass is 32.2. The van der Waals surface area contributed by atoms with Gasteiger partial charge in [-0.15, -0.1) is 0 Å². The summed E-state index contributed by atoms with van der Waals surface area (Å²) in [4.78, 5) is 2.44. The largest absolute Gasteiger partial charge is 0.497 e. The molecule has 0 fully saturated rings. The van der Waals surface area contributed by atoms with Crippen LogP contribution in [0.1, 0.15) is 27.8 Å². The lowest BCUT2D eigenvalue weighted by molar-refractivity contribution is 0.415.